The van der Waals surface area contributed by atoms with Crippen LogP contribution in [-0.2, 0) is 4.74 Å². The van der Waals surface area contributed by atoms with Crippen LogP contribution in [0, 0.1) is 0 Å². The molecule has 1 rings (SSSR count). The number of hydrogen-bond acceptors (Lipinski definition) is 4. The third-order valence-corrected chi connectivity index (χ3v) is 1.23. The minimum Gasteiger partial charge on any atom is -0.463 e. The largest absolute Gasteiger partial charge is 0.463 e. The topological polar surface area (TPSA) is 52.3 Å². The van der Waals surface area contributed by atoms with Gasteiger partial charge in [-0.05, 0) is 0 Å². The zero-order valence-electron chi connectivity index (χ0n) is 5.13. The molecule has 0 fully saturated rings. The molecule has 4 nitrogen and oxygen atoms in total. The summed E-state index contributed by atoms with van der Waals surface area (Å²) in [5.41, 5.74) is 0. The third-order valence-electron chi connectivity index (χ3n) is 0.864. The van der Waals surface area contributed by atoms with Gasteiger partial charge in [-0.2, -0.15) is 0 Å². The minimum absolute atomic E-state index is 0.0920. The van der Waals surface area contributed by atoms with Crippen molar-refractivity contribution in [2.24, 2.45) is 0 Å². The van der Waals surface area contributed by atoms with E-state index in [9.17, 15) is 4.79 Å². The summed E-state index contributed by atoms with van der Waals surface area (Å²) in [5.74, 6) is -0.437. The molecule has 0 radical (unpaired) electrons. The third kappa shape index (κ3) is 1.36. The van der Waals surface area contributed by atoms with Gasteiger partial charge >= 0.3 is 5.97 Å². The Labute approximate surface area is 65.3 Å². The van der Waals surface area contributed by atoms with E-state index in [1.54, 1.807) is 0 Å². The highest BCUT2D eigenvalue weighted by molar-refractivity contribution is 9.10. The monoisotopic (exact) mass is 205 g/mol. The number of carbonyl (C=O) groups excluding carboxylic acids is 1. The number of methoxy groups -OCH3 is 1. The van der Waals surface area contributed by atoms with Crippen molar-refractivity contribution < 1.29 is 13.9 Å². The average Bonchev–Trinajstić information content (AvgIpc) is 2.34. The number of nitrogens with zero attached hydrogens (tertiary/aromatic N) is 1. The quantitative estimate of drug-likeness (QED) is 0.648. The van der Waals surface area contributed by atoms with Gasteiger partial charge in [-0.3, -0.25) is 0 Å². The number of ether oxygens (including phenoxy) is 1. The molecule has 10 heavy (non-hydrogen) atoms. The molecule has 0 aliphatic heterocycles. The van der Waals surface area contributed by atoms with Crippen LogP contribution in [0.2, 0.25) is 0 Å². The lowest BCUT2D eigenvalue weighted by atomic mass is 10.5. The minimum atomic E-state index is -0.529. The highest BCUT2D eigenvalue weighted by Gasteiger charge is 2.10. The number of carbonyl (C=O) groups is 1. The van der Waals surface area contributed by atoms with Gasteiger partial charge in [0.15, 0.2) is 0 Å². The van der Waals surface area contributed by atoms with E-state index >= 15 is 0 Å². The standard InChI is InChI=1S/C5H4BrNO3/c1-9-4(8)3-2-7-5(6)10-3/h2H,1H3. The summed E-state index contributed by atoms with van der Waals surface area (Å²) in [5, 5.41) is 0. The summed E-state index contributed by atoms with van der Waals surface area (Å²) in [6, 6.07) is 0. The van der Waals surface area contributed by atoms with Gasteiger partial charge in [-0.1, -0.05) is 0 Å². The average molecular weight is 206 g/mol. The molecule has 0 aromatic carbocycles. The first-order valence-electron chi connectivity index (χ1n) is 2.43. The smallest absolute Gasteiger partial charge is 0.375 e. The van der Waals surface area contributed by atoms with Gasteiger partial charge in [0, 0.05) is 15.9 Å². The number of halogens is 1. The SMILES string of the molecule is COC(=O)c1cnc(Br)o1. The second kappa shape index (κ2) is 2.83. The molecule has 0 amide bonds. The Balaban J connectivity index is 2.85. The second-order valence-electron chi connectivity index (χ2n) is 1.47. The van der Waals surface area contributed by atoms with E-state index in [1.165, 1.54) is 13.3 Å². The van der Waals surface area contributed by atoms with Gasteiger partial charge in [-0.15, -0.1) is 0 Å². The molecule has 0 atom stereocenters. The van der Waals surface area contributed by atoms with Crippen molar-refractivity contribution in [3.8, 4) is 0 Å². The molecule has 0 aliphatic rings. The van der Waals surface area contributed by atoms with E-state index in [0.29, 0.717) is 0 Å². The first kappa shape index (κ1) is 7.27. The molecular weight excluding hydrogens is 202 g/mol. The van der Waals surface area contributed by atoms with Crippen LogP contribution in [0.3, 0.4) is 0 Å². The summed E-state index contributed by atoms with van der Waals surface area (Å²) in [7, 11) is 1.28. The number of aromatic nitrogens is 1. The van der Waals surface area contributed by atoms with Crippen molar-refractivity contribution in [2.45, 2.75) is 0 Å². The Morgan fingerprint density at radius 2 is 2.60 bits per heavy atom. The molecule has 1 heterocycles. The van der Waals surface area contributed by atoms with E-state index in [2.05, 4.69) is 25.7 Å². The maximum atomic E-state index is 10.6. The summed E-state index contributed by atoms with van der Waals surface area (Å²) >= 11 is 2.94. The number of oxazole rings is 1. The van der Waals surface area contributed by atoms with Crippen molar-refractivity contribution in [3.63, 3.8) is 0 Å². The molecule has 1 aromatic heterocycles. The van der Waals surface area contributed by atoms with Crippen molar-refractivity contribution in [3.05, 3.63) is 16.8 Å². The maximum Gasteiger partial charge on any atom is 0.375 e. The lowest BCUT2D eigenvalue weighted by Gasteiger charge is -1.89. The molecule has 0 saturated carbocycles. The Hall–Kier alpha value is -0.840. The van der Waals surface area contributed by atoms with E-state index < -0.39 is 5.97 Å². The summed E-state index contributed by atoms with van der Waals surface area (Å²) in [4.78, 5) is 14.6. The molecule has 0 unspecified atom stereocenters. The van der Waals surface area contributed by atoms with Crippen LogP contribution in [0.25, 0.3) is 0 Å². The first-order chi connectivity index (χ1) is 4.74. The van der Waals surface area contributed by atoms with Gasteiger partial charge in [0.1, 0.15) is 0 Å². The van der Waals surface area contributed by atoms with E-state index in [1.807, 2.05) is 0 Å². The number of rotatable bonds is 1. The molecular formula is C5H4BrNO3. The Bertz CT molecular complexity index is 245. The molecule has 54 valence electrons. The zero-order chi connectivity index (χ0) is 7.56. The fourth-order valence-corrected chi connectivity index (χ4v) is 0.725. The van der Waals surface area contributed by atoms with Crippen molar-refractivity contribution in [1.82, 2.24) is 4.98 Å². The van der Waals surface area contributed by atoms with Crippen LogP contribution in [0.5, 0.6) is 0 Å². The van der Waals surface area contributed by atoms with Crippen molar-refractivity contribution in [1.29, 1.82) is 0 Å². The summed E-state index contributed by atoms with van der Waals surface area (Å²) in [6.45, 7) is 0. The van der Waals surface area contributed by atoms with E-state index in [0.717, 1.165) is 0 Å². The van der Waals surface area contributed by atoms with Crippen LogP contribution in [0.15, 0.2) is 15.4 Å². The first-order valence-corrected chi connectivity index (χ1v) is 3.23. The Kier molecular flexibility index (Phi) is 2.06. The normalized spacial score (nSPS) is 9.40. The highest BCUT2D eigenvalue weighted by atomic mass is 79.9. The molecule has 0 N–H and O–H groups in total. The van der Waals surface area contributed by atoms with Crippen molar-refractivity contribution >= 4 is 21.9 Å². The summed E-state index contributed by atoms with van der Waals surface area (Å²) in [6.07, 6.45) is 1.29. The highest BCUT2D eigenvalue weighted by Crippen LogP contribution is 2.09. The molecule has 0 saturated heterocycles. The van der Waals surface area contributed by atoms with Crippen LogP contribution in [-0.4, -0.2) is 18.1 Å². The molecule has 0 aliphatic carbocycles. The zero-order valence-corrected chi connectivity index (χ0v) is 6.71. The van der Waals surface area contributed by atoms with Crippen molar-refractivity contribution in [2.75, 3.05) is 7.11 Å². The molecule has 5 heteroatoms. The maximum absolute atomic E-state index is 10.6. The molecule has 0 bridgehead atoms. The Morgan fingerprint density at radius 1 is 1.90 bits per heavy atom. The predicted molar refractivity (Wildman–Crippen MR) is 35.5 cm³/mol. The van der Waals surface area contributed by atoms with Gasteiger partial charge in [0.25, 0.3) is 4.80 Å². The van der Waals surface area contributed by atoms with E-state index in [-0.39, 0.29) is 10.6 Å². The van der Waals surface area contributed by atoms with Crippen LogP contribution in [0.1, 0.15) is 10.6 Å². The Morgan fingerprint density at radius 3 is 3.00 bits per heavy atom. The number of esters is 1. The van der Waals surface area contributed by atoms with Gasteiger partial charge < -0.3 is 9.15 Å². The van der Waals surface area contributed by atoms with Gasteiger partial charge in [-0.25, -0.2) is 9.78 Å². The fraction of sp³-hybridized carbons (Fsp3) is 0.200. The fourth-order valence-electron chi connectivity index (χ4n) is 0.448. The van der Waals surface area contributed by atoms with Crippen LogP contribution >= 0.6 is 15.9 Å². The molecule has 1 aromatic rings. The van der Waals surface area contributed by atoms with E-state index in [4.69, 9.17) is 4.42 Å². The van der Waals surface area contributed by atoms with Gasteiger partial charge in [0.05, 0.1) is 13.3 Å². The lowest BCUT2D eigenvalue weighted by Crippen LogP contribution is -1.98. The second-order valence-corrected chi connectivity index (χ2v) is 2.15. The predicted octanol–water partition coefficient (Wildman–Crippen LogP) is 1.22. The summed E-state index contributed by atoms with van der Waals surface area (Å²) < 4.78 is 9.12. The molecule has 0 spiro atoms. The van der Waals surface area contributed by atoms with Gasteiger partial charge in [0.2, 0.25) is 5.76 Å². The van der Waals surface area contributed by atoms with Crippen LogP contribution < -0.4 is 0 Å². The van der Waals surface area contributed by atoms with Crippen LogP contribution in [0.4, 0.5) is 0 Å². The number of hydrogen-bond donors (Lipinski definition) is 0. The lowest BCUT2D eigenvalue weighted by molar-refractivity contribution is 0.0563.